The normalized spacial score (nSPS) is 20.4. The summed E-state index contributed by atoms with van der Waals surface area (Å²) < 4.78 is 26.3. The molecule has 1 aromatic heterocycles. The molecule has 1 unspecified atom stereocenters. The van der Waals surface area contributed by atoms with E-state index in [1.165, 1.54) is 10.4 Å². The van der Waals surface area contributed by atoms with Gasteiger partial charge < -0.3 is 5.32 Å². The Morgan fingerprint density at radius 3 is 2.95 bits per heavy atom. The predicted octanol–water partition coefficient (Wildman–Crippen LogP) is 1.24. The lowest BCUT2D eigenvalue weighted by Gasteiger charge is -2.26. The molecule has 1 N–H and O–H groups in total. The van der Waals surface area contributed by atoms with Gasteiger partial charge >= 0.3 is 0 Å². The third-order valence-electron chi connectivity index (χ3n) is 3.27. The molecule has 0 spiro atoms. The van der Waals surface area contributed by atoms with E-state index in [1.54, 1.807) is 13.1 Å². The highest BCUT2D eigenvalue weighted by Gasteiger charge is 2.26. The first-order valence-corrected chi connectivity index (χ1v) is 8.46. The van der Waals surface area contributed by atoms with Gasteiger partial charge in [0.05, 0.1) is 0 Å². The van der Waals surface area contributed by atoms with Crippen molar-refractivity contribution in [3.8, 4) is 6.07 Å². The molecule has 1 saturated heterocycles. The van der Waals surface area contributed by atoms with Crippen molar-refractivity contribution in [2.75, 3.05) is 26.7 Å². The smallest absolute Gasteiger partial charge is 0.252 e. The van der Waals surface area contributed by atoms with Crippen LogP contribution >= 0.6 is 11.3 Å². The van der Waals surface area contributed by atoms with Crippen molar-refractivity contribution in [3.05, 3.63) is 17.0 Å². The molecule has 7 heteroatoms. The van der Waals surface area contributed by atoms with Crippen molar-refractivity contribution in [3.63, 3.8) is 0 Å². The molecule has 1 aromatic rings. The summed E-state index contributed by atoms with van der Waals surface area (Å²) in [4.78, 5) is 0.423. The molecule has 0 radical (unpaired) electrons. The van der Waals surface area contributed by atoms with E-state index < -0.39 is 10.0 Å². The van der Waals surface area contributed by atoms with E-state index in [1.807, 2.05) is 6.07 Å². The molecule has 0 aromatic carbocycles. The van der Waals surface area contributed by atoms with Crippen LogP contribution in [-0.4, -0.2) is 39.4 Å². The summed E-state index contributed by atoms with van der Waals surface area (Å²) in [5.74, 6) is 0.365. The Kier molecular flexibility index (Phi) is 4.58. The topological polar surface area (TPSA) is 73.2 Å². The standard InChI is InChI=1S/C12H17N3O2S2/c1-15(9-10-3-2-6-14-8-10)19(16,17)12-5-4-11(7-13)18-12/h4-5,10,14H,2-3,6,8-9H2,1H3. The molecule has 0 amide bonds. The molecule has 0 bridgehead atoms. The summed E-state index contributed by atoms with van der Waals surface area (Å²) in [5, 5.41) is 12.0. The van der Waals surface area contributed by atoms with Crippen LogP contribution in [0.15, 0.2) is 16.3 Å². The van der Waals surface area contributed by atoms with Gasteiger partial charge in [-0.05, 0) is 44.0 Å². The minimum Gasteiger partial charge on any atom is -0.316 e. The molecule has 5 nitrogen and oxygen atoms in total. The number of nitriles is 1. The Labute approximate surface area is 117 Å². The highest BCUT2D eigenvalue weighted by Crippen LogP contribution is 2.24. The van der Waals surface area contributed by atoms with Crippen LogP contribution in [0.2, 0.25) is 0 Å². The molecule has 104 valence electrons. The van der Waals surface area contributed by atoms with Gasteiger partial charge in [0.15, 0.2) is 0 Å². The third-order valence-corrected chi connectivity index (χ3v) is 6.55. The summed E-state index contributed by atoms with van der Waals surface area (Å²) in [6.45, 7) is 2.41. The Hall–Kier alpha value is -0.940. The molecule has 19 heavy (non-hydrogen) atoms. The van der Waals surface area contributed by atoms with E-state index in [4.69, 9.17) is 5.26 Å². The number of hydrogen-bond donors (Lipinski definition) is 1. The lowest BCUT2D eigenvalue weighted by molar-refractivity contribution is 0.315. The van der Waals surface area contributed by atoms with Gasteiger partial charge in [0.2, 0.25) is 0 Å². The number of thiophene rings is 1. The zero-order valence-electron chi connectivity index (χ0n) is 10.8. The van der Waals surface area contributed by atoms with Crippen molar-refractivity contribution in [2.45, 2.75) is 17.1 Å². The van der Waals surface area contributed by atoms with Gasteiger partial charge in [0.1, 0.15) is 15.2 Å². The van der Waals surface area contributed by atoms with Crippen molar-refractivity contribution in [1.82, 2.24) is 9.62 Å². The third kappa shape index (κ3) is 3.34. The summed E-state index contributed by atoms with van der Waals surface area (Å²) in [6.07, 6.45) is 2.15. The maximum absolute atomic E-state index is 12.3. The number of sulfonamides is 1. The largest absolute Gasteiger partial charge is 0.316 e. The van der Waals surface area contributed by atoms with Crippen LogP contribution in [0.1, 0.15) is 17.7 Å². The van der Waals surface area contributed by atoms with E-state index in [2.05, 4.69) is 5.32 Å². The van der Waals surface area contributed by atoms with E-state index in [0.717, 1.165) is 37.3 Å². The minimum atomic E-state index is -3.45. The van der Waals surface area contributed by atoms with E-state index >= 15 is 0 Å². The summed E-state index contributed by atoms with van der Waals surface area (Å²) >= 11 is 1.02. The van der Waals surface area contributed by atoms with Crippen molar-refractivity contribution in [2.24, 2.45) is 5.92 Å². The number of rotatable bonds is 4. The fourth-order valence-electron chi connectivity index (χ4n) is 2.21. The summed E-state index contributed by atoms with van der Waals surface area (Å²) in [6, 6.07) is 5.02. The van der Waals surface area contributed by atoms with Crippen molar-refractivity contribution in [1.29, 1.82) is 5.26 Å². The zero-order chi connectivity index (χ0) is 13.9. The number of piperidine rings is 1. The highest BCUT2D eigenvalue weighted by molar-refractivity contribution is 7.91. The molecule has 0 saturated carbocycles. The van der Waals surface area contributed by atoms with Crippen LogP contribution in [0.4, 0.5) is 0 Å². The Bertz CT molecular complexity index is 568. The van der Waals surface area contributed by atoms with E-state index in [0.29, 0.717) is 17.3 Å². The van der Waals surface area contributed by atoms with Crippen LogP contribution in [0.5, 0.6) is 0 Å². The van der Waals surface area contributed by atoms with Gasteiger partial charge in [-0.2, -0.15) is 9.57 Å². The second-order valence-electron chi connectivity index (χ2n) is 4.73. The molecule has 1 aliphatic heterocycles. The van der Waals surface area contributed by atoms with Gasteiger partial charge in [0.25, 0.3) is 10.0 Å². The van der Waals surface area contributed by atoms with Gasteiger partial charge in [-0.1, -0.05) is 0 Å². The van der Waals surface area contributed by atoms with Crippen LogP contribution in [0.25, 0.3) is 0 Å². The fraction of sp³-hybridized carbons (Fsp3) is 0.583. The number of nitrogens with one attached hydrogen (secondary N) is 1. The first-order chi connectivity index (χ1) is 9.04. The van der Waals surface area contributed by atoms with E-state index in [-0.39, 0.29) is 4.21 Å². The second kappa shape index (κ2) is 6.01. The maximum atomic E-state index is 12.3. The van der Waals surface area contributed by atoms with E-state index in [9.17, 15) is 8.42 Å². The Morgan fingerprint density at radius 2 is 2.37 bits per heavy atom. The average Bonchev–Trinajstić information content (AvgIpc) is 2.89. The lowest BCUT2D eigenvalue weighted by Crippen LogP contribution is -2.38. The number of hydrogen-bond acceptors (Lipinski definition) is 5. The first kappa shape index (κ1) is 14.5. The van der Waals surface area contributed by atoms with Crippen LogP contribution in [0.3, 0.4) is 0 Å². The summed E-state index contributed by atoms with van der Waals surface area (Å²) in [7, 11) is -1.85. The summed E-state index contributed by atoms with van der Waals surface area (Å²) in [5.41, 5.74) is 0. The predicted molar refractivity (Wildman–Crippen MR) is 74.4 cm³/mol. The molecule has 2 rings (SSSR count). The Balaban J connectivity index is 2.08. The van der Waals surface area contributed by atoms with Crippen LogP contribution < -0.4 is 5.32 Å². The number of nitrogens with zero attached hydrogens (tertiary/aromatic N) is 2. The maximum Gasteiger partial charge on any atom is 0.252 e. The molecule has 1 aliphatic rings. The fourth-order valence-corrected chi connectivity index (χ4v) is 4.78. The molecular formula is C12H17N3O2S2. The highest BCUT2D eigenvalue weighted by atomic mass is 32.2. The van der Waals surface area contributed by atoms with Crippen molar-refractivity contribution >= 4 is 21.4 Å². The van der Waals surface area contributed by atoms with Gasteiger partial charge in [-0.15, -0.1) is 11.3 Å². The molecule has 0 aliphatic carbocycles. The minimum absolute atomic E-state index is 0.246. The molecule has 1 fully saturated rings. The van der Waals surface area contributed by atoms with Gasteiger partial charge in [-0.25, -0.2) is 8.42 Å². The monoisotopic (exact) mass is 299 g/mol. The first-order valence-electron chi connectivity index (χ1n) is 6.21. The van der Waals surface area contributed by atoms with Gasteiger partial charge in [0, 0.05) is 13.6 Å². The van der Waals surface area contributed by atoms with Crippen LogP contribution in [0, 0.1) is 17.2 Å². The quantitative estimate of drug-likeness (QED) is 0.908. The van der Waals surface area contributed by atoms with Crippen molar-refractivity contribution < 1.29 is 8.42 Å². The average molecular weight is 299 g/mol. The SMILES string of the molecule is CN(CC1CCCNC1)S(=O)(=O)c1ccc(C#N)s1. The molecule has 2 heterocycles. The van der Waals surface area contributed by atoms with Crippen LogP contribution in [-0.2, 0) is 10.0 Å². The Morgan fingerprint density at radius 1 is 1.58 bits per heavy atom. The molecular weight excluding hydrogens is 282 g/mol. The second-order valence-corrected chi connectivity index (χ2v) is 8.08. The molecule has 1 atom stereocenters. The van der Waals surface area contributed by atoms with Gasteiger partial charge in [-0.3, -0.25) is 0 Å². The lowest BCUT2D eigenvalue weighted by atomic mass is 10.00. The zero-order valence-corrected chi connectivity index (χ0v) is 12.4.